The summed E-state index contributed by atoms with van der Waals surface area (Å²) >= 11 is 3.43. The summed E-state index contributed by atoms with van der Waals surface area (Å²) < 4.78 is 6.95. The molecule has 27 heavy (non-hydrogen) atoms. The van der Waals surface area contributed by atoms with E-state index < -0.39 is 6.09 Å². The van der Waals surface area contributed by atoms with Crippen LogP contribution in [0.1, 0.15) is 27.4 Å². The van der Waals surface area contributed by atoms with E-state index in [1.165, 1.54) is 4.90 Å². The van der Waals surface area contributed by atoms with Crippen LogP contribution in [-0.2, 0) is 6.54 Å². The molecule has 2 N–H and O–H groups in total. The van der Waals surface area contributed by atoms with E-state index >= 15 is 0 Å². The highest BCUT2D eigenvalue weighted by Gasteiger charge is 2.36. The fourth-order valence-electron chi connectivity index (χ4n) is 3.77. The van der Waals surface area contributed by atoms with Crippen molar-refractivity contribution >= 4 is 27.9 Å². The van der Waals surface area contributed by atoms with Crippen molar-refractivity contribution in [1.82, 2.24) is 10.2 Å². The van der Waals surface area contributed by atoms with E-state index in [4.69, 9.17) is 4.74 Å². The molecule has 4 rings (SSSR count). The van der Waals surface area contributed by atoms with Gasteiger partial charge in [-0.05, 0) is 35.4 Å². The van der Waals surface area contributed by atoms with Crippen molar-refractivity contribution < 1.29 is 19.4 Å². The van der Waals surface area contributed by atoms with Gasteiger partial charge in [0.05, 0.1) is 6.61 Å². The third kappa shape index (κ3) is 3.64. The molecular formula is C20H19BrN2O4. The highest BCUT2D eigenvalue weighted by Crippen LogP contribution is 2.34. The van der Waals surface area contributed by atoms with E-state index in [1.807, 2.05) is 36.4 Å². The number of carbonyl (C=O) groups is 2. The number of carboxylic acid groups (broad SMARTS) is 1. The van der Waals surface area contributed by atoms with E-state index in [-0.39, 0.29) is 17.7 Å². The Morgan fingerprint density at radius 3 is 2.74 bits per heavy atom. The highest BCUT2D eigenvalue weighted by atomic mass is 79.9. The van der Waals surface area contributed by atoms with Gasteiger partial charge < -0.3 is 20.1 Å². The Morgan fingerprint density at radius 2 is 2.00 bits per heavy atom. The fourth-order valence-corrected chi connectivity index (χ4v) is 4.03. The van der Waals surface area contributed by atoms with Gasteiger partial charge in [0.15, 0.2) is 0 Å². The summed E-state index contributed by atoms with van der Waals surface area (Å²) in [4.78, 5) is 24.7. The number of hydrogen-bond acceptors (Lipinski definition) is 3. The minimum absolute atomic E-state index is 0.0457. The molecule has 1 saturated heterocycles. The minimum Gasteiger partial charge on any atom is -0.493 e. The van der Waals surface area contributed by atoms with Crippen LogP contribution in [-0.4, -0.2) is 41.7 Å². The zero-order valence-electron chi connectivity index (χ0n) is 14.5. The lowest BCUT2D eigenvalue weighted by Gasteiger charge is -2.19. The highest BCUT2D eigenvalue weighted by molar-refractivity contribution is 9.10. The first-order valence-electron chi connectivity index (χ1n) is 8.78. The molecule has 7 heteroatoms. The lowest BCUT2D eigenvalue weighted by atomic mass is 9.89. The fraction of sp³-hybridized carbons (Fsp3) is 0.300. The molecule has 2 aromatic rings. The number of likely N-dealkylation sites (tertiary alicyclic amines) is 1. The van der Waals surface area contributed by atoms with Crippen molar-refractivity contribution in [2.45, 2.75) is 12.5 Å². The lowest BCUT2D eigenvalue weighted by molar-refractivity contribution is 0.0965. The zero-order chi connectivity index (χ0) is 19.0. The Bertz CT molecular complexity index is 884. The first-order chi connectivity index (χ1) is 13.0. The molecule has 0 saturated carbocycles. The number of nitrogens with one attached hydrogen (secondary N) is 1. The average molecular weight is 431 g/mol. The molecule has 2 heterocycles. The Kier molecular flexibility index (Phi) is 4.78. The maximum atomic E-state index is 11.8. The number of hydrogen-bond donors (Lipinski definition) is 2. The third-order valence-electron chi connectivity index (χ3n) is 5.24. The van der Waals surface area contributed by atoms with Gasteiger partial charge >= 0.3 is 6.09 Å². The van der Waals surface area contributed by atoms with E-state index in [0.717, 1.165) is 15.6 Å². The SMILES string of the molecule is O=C1NCc2ccc(OCC3CN(C(=O)O)CC3c3ccc(Br)cc3)cc21. The molecule has 2 amide bonds. The summed E-state index contributed by atoms with van der Waals surface area (Å²) in [5, 5.41) is 12.2. The van der Waals surface area contributed by atoms with Crippen molar-refractivity contribution in [3.05, 3.63) is 63.6 Å². The number of carbonyl (C=O) groups excluding carboxylic acids is 1. The van der Waals surface area contributed by atoms with Gasteiger partial charge in [0.2, 0.25) is 0 Å². The molecular weight excluding hydrogens is 412 g/mol. The number of nitrogens with zero attached hydrogens (tertiary/aromatic N) is 1. The predicted octanol–water partition coefficient (Wildman–Crippen LogP) is 3.46. The molecule has 0 radical (unpaired) electrons. The molecule has 2 aliphatic heterocycles. The number of halogens is 1. The monoisotopic (exact) mass is 430 g/mol. The molecule has 2 aliphatic rings. The maximum Gasteiger partial charge on any atom is 0.407 e. The minimum atomic E-state index is -0.909. The largest absolute Gasteiger partial charge is 0.493 e. The van der Waals surface area contributed by atoms with Gasteiger partial charge in [-0.1, -0.05) is 34.1 Å². The molecule has 2 unspecified atom stereocenters. The van der Waals surface area contributed by atoms with Crippen molar-refractivity contribution in [2.75, 3.05) is 19.7 Å². The second-order valence-corrected chi connectivity index (χ2v) is 7.83. The predicted molar refractivity (Wildman–Crippen MR) is 103 cm³/mol. The summed E-state index contributed by atoms with van der Waals surface area (Å²) in [5.74, 6) is 0.673. The van der Waals surface area contributed by atoms with Crippen LogP contribution in [0.25, 0.3) is 0 Å². The van der Waals surface area contributed by atoms with Gasteiger partial charge in [-0.25, -0.2) is 4.79 Å². The van der Waals surface area contributed by atoms with Crippen LogP contribution < -0.4 is 10.1 Å². The van der Waals surface area contributed by atoms with Crippen molar-refractivity contribution in [3.8, 4) is 5.75 Å². The molecule has 1 fully saturated rings. The topological polar surface area (TPSA) is 78.9 Å². The Morgan fingerprint density at radius 1 is 1.22 bits per heavy atom. The van der Waals surface area contributed by atoms with Crippen LogP contribution in [0.2, 0.25) is 0 Å². The smallest absolute Gasteiger partial charge is 0.407 e. The summed E-state index contributed by atoms with van der Waals surface area (Å²) in [6.07, 6.45) is -0.909. The van der Waals surface area contributed by atoms with Crippen LogP contribution in [0, 0.1) is 5.92 Å². The van der Waals surface area contributed by atoms with Gasteiger partial charge in [0.25, 0.3) is 5.91 Å². The maximum absolute atomic E-state index is 11.8. The third-order valence-corrected chi connectivity index (χ3v) is 5.77. The summed E-state index contributed by atoms with van der Waals surface area (Å²) in [7, 11) is 0. The first-order valence-corrected chi connectivity index (χ1v) is 9.58. The molecule has 2 aromatic carbocycles. The van der Waals surface area contributed by atoms with Crippen LogP contribution in [0.4, 0.5) is 4.79 Å². The van der Waals surface area contributed by atoms with E-state index in [9.17, 15) is 14.7 Å². The van der Waals surface area contributed by atoms with Crippen molar-refractivity contribution in [1.29, 1.82) is 0 Å². The molecule has 2 atom stereocenters. The van der Waals surface area contributed by atoms with Crippen LogP contribution in [0.15, 0.2) is 46.9 Å². The number of ether oxygens (including phenoxy) is 1. The van der Waals surface area contributed by atoms with Gasteiger partial charge in [-0.3, -0.25) is 4.79 Å². The van der Waals surface area contributed by atoms with Crippen molar-refractivity contribution in [3.63, 3.8) is 0 Å². The normalized spacial score (nSPS) is 21.1. The number of rotatable bonds is 4. The standard InChI is InChI=1S/C20H19BrN2O4/c21-15-4-1-12(2-5-15)18-10-23(20(25)26)9-14(18)11-27-16-6-3-13-8-22-19(24)17(13)7-16/h1-7,14,18H,8-11H2,(H,22,24)(H,25,26). The van der Waals surface area contributed by atoms with Crippen LogP contribution in [0.5, 0.6) is 5.75 Å². The summed E-state index contributed by atoms with van der Waals surface area (Å²) in [5.41, 5.74) is 2.72. The van der Waals surface area contributed by atoms with Gasteiger partial charge in [0, 0.05) is 41.5 Å². The quantitative estimate of drug-likeness (QED) is 0.778. The van der Waals surface area contributed by atoms with Crippen LogP contribution in [0.3, 0.4) is 0 Å². The van der Waals surface area contributed by atoms with Crippen molar-refractivity contribution in [2.24, 2.45) is 5.92 Å². The zero-order valence-corrected chi connectivity index (χ0v) is 16.1. The second-order valence-electron chi connectivity index (χ2n) is 6.92. The molecule has 6 nitrogen and oxygen atoms in total. The van der Waals surface area contributed by atoms with Gasteiger partial charge in [-0.2, -0.15) is 0 Å². The van der Waals surface area contributed by atoms with E-state index in [2.05, 4.69) is 21.2 Å². The first kappa shape index (κ1) is 17.9. The molecule has 0 aromatic heterocycles. The summed E-state index contributed by atoms with van der Waals surface area (Å²) in [6, 6.07) is 13.5. The second kappa shape index (κ2) is 7.23. The molecule has 0 aliphatic carbocycles. The average Bonchev–Trinajstić information content (AvgIpc) is 3.25. The van der Waals surface area contributed by atoms with E-state index in [0.29, 0.717) is 37.6 Å². The lowest BCUT2D eigenvalue weighted by Crippen LogP contribution is -2.27. The Hall–Kier alpha value is -2.54. The Balaban J connectivity index is 1.50. The number of benzene rings is 2. The number of fused-ring (bicyclic) bond motifs is 1. The molecule has 0 bridgehead atoms. The molecule has 0 spiro atoms. The van der Waals surface area contributed by atoms with Gasteiger partial charge in [-0.15, -0.1) is 0 Å². The number of amides is 2. The summed E-state index contributed by atoms with van der Waals surface area (Å²) in [6.45, 7) is 1.83. The Labute approximate surface area is 165 Å². The van der Waals surface area contributed by atoms with Crippen LogP contribution >= 0.6 is 15.9 Å². The molecule has 140 valence electrons. The van der Waals surface area contributed by atoms with E-state index in [1.54, 1.807) is 6.07 Å². The van der Waals surface area contributed by atoms with Gasteiger partial charge in [0.1, 0.15) is 5.75 Å².